The fraction of sp³-hybridized carbons (Fsp3) is 0.235. The number of carbonyl (C=O) groups is 1. The molecule has 0 atom stereocenters. The maximum absolute atomic E-state index is 13.7. The van der Waals surface area contributed by atoms with Crippen molar-refractivity contribution in [1.82, 2.24) is 0 Å². The van der Waals surface area contributed by atoms with E-state index in [4.69, 9.17) is 16.3 Å². The van der Waals surface area contributed by atoms with Crippen LogP contribution in [0.5, 0.6) is 5.75 Å². The second kappa shape index (κ2) is 8.14. The predicted molar refractivity (Wildman–Crippen MR) is 99.6 cm³/mol. The molecule has 0 aromatic heterocycles. The second-order valence-corrected chi connectivity index (χ2v) is 8.21. The third-order valence-electron chi connectivity index (χ3n) is 3.37. The summed E-state index contributed by atoms with van der Waals surface area (Å²) < 4.78 is 19.7. The Bertz CT molecular complexity index is 721. The minimum Gasteiger partial charge on any atom is -0.484 e. The molecule has 1 amide bonds. The van der Waals surface area contributed by atoms with Crippen molar-refractivity contribution in [1.29, 1.82) is 0 Å². The van der Waals surface area contributed by atoms with Gasteiger partial charge in [0.05, 0.1) is 15.3 Å². The fourth-order valence-electron chi connectivity index (χ4n) is 2.21. The number of amides is 1. The van der Waals surface area contributed by atoms with E-state index in [0.29, 0.717) is 10.3 Å². The number of anilines is 1. The molecule has 3 rings (SSSR count). The van der Waals surface area contributed by atoms with Gasteiger partial charge in [-0.1, -0.05) is 29.8 Å². The van der Waals surface area contributed by atoms with Crippen LogP contribution in [-0.4, -0.2) is 24.0 Å². The Morgan fingerprint density at radius 2 is 1.92 bits per heavy atom. The Hall–Kier alpha value is -1.37. The van der Waals surface area contributed by atoms with Crippen LogP contribution in [0.2, 0.25) is 5.02 Å². The number of carbonyl (C=O) groups excluding carboxylic acids is 1. The van der Waals surface area contributed by atoms with Crippen molar-refractivity contribution in [3.05, 3.63) is 58.9 Å². The van der Waals surface area contributed by atoms with E-state index in [0.717, 1.165) is 0 Å². The molecule has 1 saturated heterocycles. The van der Waals surface area contributed by atoms with Crippen LogP contribution in [0.1, 0.15) is 10.1 Å². The lowest BCUT2D eigenvalue weighted by molar-refractivity contribution is -0.118. The molecule has 1 aliphatic rings. The summed E-state index contributed by atoms with van der Waals surface area (Å²) in [5.41, 5.74) is 1.29. The van der Waals surface area contributed by atoms with Crippen LogP contribution < -0.4 is 10.1 Å². The maximum atomic E-state index is 13.7. The Balaban J connectivity index is 1.53. The molecule has 1 N–H and O–H groups in total. The Morgan fingerprint density at radius 1 is 1.21 bits per heavy atom. The van der Waals surface area contributed by atoms with Gasteiger partial charge < -0.3 is 10.1 Å². The highest BCUT2D eigenvalue weighted by molar-refractivity contribution is 8.19. The first-order chi connectivity index (χ1) is 11.6. The number of ether oxygens (including phenoxy) is 1. The van der Waals surface area contributed by atoms with Gasteiger partial charge in [-0.2, -0.15) is 0 Å². The maximum Gasteiger partial charge on any atom is 0.262 e. The van der Waals surface area contributed by atoms with Gasteiger partial charge in [0.2, 0.25) is 0 Å². The number of benzene rings is 2. The van der Waals surface area contributed by atoms with Gasteiger partial charge in [-0.3, -0.25) is 4.79 Å². The van der Waals surface area contributed by atoms with Crippen LogP contribution in [0.15, 0.2) is 42.5 Å². The highest BCUT2D eigenvalue weighted by atomic mass is 35.5. The Kier molecular flexibility index (Phi) is 5.92. The number of nitrogens with one attached hydrogen (secondary N) is 1. The monoisotopic (exact) mass is 383 g/mol. The molecule has 3 nitrogen and oxygen atoms in total. The normalized spacial score (nSPS) is 14.6. The average molecular weight is 384 g/mol. The molecular weight excluding hydrogens is 369 g/mol. The summed E-state index contributed by atoms with van der Waals surface area (Å²) >= 11 is 9.55. The molecule has 1 aliphatic heterocycles. The van der Waals surface area contributed by atoms with Crippen molar-refractivity contribution in [3.63, 3.8) is 0 Å². The first kappa shape index (κ1) is 17.5. The van der Waals surface area contributed by atoms with Gasteiger partial charge >= 0.3 is 0 Å². The van der Waals surface area contributed by atoms with E-state index >= 15 is 0 Å². The van der Waals surface area contributed by atoms with E-state index in [9.17, 15) is 9.18 Å². The molecular formula is C17H15ClFNO2S2. The predicted octanol–water partition coefficient (Wildman–Crippen LogP) is 4.98. The largest absolute Gasteiger partial charge is 0.484 e. The topological polar surface area (TPSA) is 38.3 Å². The zero-order valence-electron chi connectivity index (χ0n) is 12.6. The van der Waals surface area contributed by atoms with E-state index in [1.54, 1.807) is 6.07 Å². The van der Waals surface area contributed by atoms with E-state index in [2.05, 4.69) is 5.32 Å². The first-order valence-corrected chi connectivity index (χ1v) is 9.81. The molecule has 126 valence electrons. The van der Waals surface area contributed by atoms with Crippen molar-refractivity contribution >= 4 is 46.7 Å². The zero-order chi connectivity index (χ0) is 16.9. The summed E-state index contributed by atoms with van der Waals surface area (Å²) in [5.74, 6) is 1.86. The summed E-state index contributed by atoms with van der Waals surface area (Å²) in [7, 11) is 0. The molecule has 0 unspecified atom stereocenters. The van der Waals surface area contributed by atoms with E-state index in [1.165, 1.54) is 29.2 Å². The van der Waals surface area contributed by atoms with Crippen molar-refractivity contribution in [2.75, 3.05) is 23.4 Å². The van der Waals surface area contributed by atoms with Gasteiger partial charge in [-0.15, -0.1) is 23.5 Å². The van der Waals surface area contributed by atoms with Crippen molar-refractivity contribution in [3.8, 4) is 5.75 Å². The van der Waals surface area contributed by atoms with Crippen LogP contribution in [0.3, 0.4) is 0 Å². The molecule has 0 aliphatic carbocycles. The molecule has 0 radical (unpaired) electrons. The number of hydrogen-bond donors (Lipinski definition) is 1. The number of rotatable bonds is 5. The summed E-state index contributed by atoms with van der Waals surface area (Å²) in [6.07, 6.45) is 0. The molecule has 2 aromatic rings. The van der Waals surface area contributed by atoms with Crippen LogP contribution >= 0.6 is 35.1 Å². The summed E-state index contributed by atoms with van der Waals surface area (Å²) in [5, 5.41) is 2.41. The van der Waals surface area contributed by atoms with Gasteiger partial charge in [-0.25, -0.2) is 4.39 Å². The Labute approximate surface area is 153 Å². The third kappa shape index (κ3) is 4.37. The van der Waals surface area contributed by atoms with Crippen molar-refractivity contribution in [2.45, 2.75) is 4.58 Å². The average Bonchev–Trinajstić information content (AvgIpc) is 3.12. The van der Waals surface area contributed by atoms with Crippen LogP contribution in [0.4, 0.5) is 10.1 Å². The Morgan fingerprint density at radius 3 is 2.62 bits per heavy atom. The lowest BCUT2D eigenvalue weighted by Gasteiger charge is -2.11. The molecule has 0 spiro atoms. The molecule has 1 fully saturated rings. The van der Waals surface area contributed by atoms with Crippen LogP contribution in [-0.2, 0) is 4.79 Å². The molecule has 0 saturated carbocycles. The highest BCUT2D eigenvalue weighted by Gasteiger charge is 2.18. The van der Waals surface area contributed by atoms with Gasteiger partial charge in [0, 0.05) is 11.5 Å². The third-order valence-corrected chi connectivity index (χ3v) is 6.77. The quantitative estimate of drug-likeness (QED) is 0.790. The van der Waals surface area contributed by atoms with Crippen LogP contribution in [0, 0.1) is 5.82 Å². The standard InChI is InChI=1S/C17H15ClFNO2S2/c18-13-2-1-3-14(16(13)19)20-15(21)10-22-12-6-4-11(5-7-12)17-23-8-9-24-17/h1-7,17H,8-10H2,(H,20,21). The summed E-state index contributed by atoms with van der Waals surface area (Å²) in [6, 6.07) is 12.2. The smallest absolute Gasteiger partial charge is 0.262 e. The van der Waals surface area contributed by atoms with Gasteiger partial charge in [-0.05, 0) is 29.8 Å². The zero-order valence-corrected chi connectivity index (χ0v) is 15.0. The van der Waals surface area contributed by atoms with E-state index in [-0.39, 0.29) is 17.3 Å². The molecule has 1 heterocycles. The molecule has 2 aromatic carbocycles. The van der Waals surface area contributed by atoms with Crippen LogP contribution in [0.25, 0.3) is 0 Å². The van der Waals surface area contributed by atoms with Gasteiger partial charge in [0.1, 0.15) is 5.75 Å². The van der Waals surface area contributed by atoms with Crippen molar-refractivity contribution < 1.29 is 13.9 Å². The lowest BCUT2D eigenvalue weighted by Crippen LogP contribution is -2.20. The first-order valence-electron chi connectivity index (χ1n) is 7.33. The molecule has 0 bridgehead atoms. The minimum absolute atomic E-state index is 0.0352. The van der Waals surface area contributed by atoms with Crippen molar-refractivity contribution in [2.24, 2.45) is 0 Å². The minimum atomic E-state index is -0.650. The fourth-order valence-corrected chi connectivity index (χ4v) is 5.24. The molecule has 7 heteroatoms. The van der Waals surface area contributed by atoms with Gasteiger partial charge in [0.15, 0.2) is 12.4 Å². The number of hydrogen-bond acceptors (Lipinski definition) is 4. The summed E-state index contributed by atoms with van der Waals surface area (Å²) in [6.45, 7) is -0.196. The highest BCUT2D eigenvalue weighted by Crippen LogP contribution is 2.45. The van der Waals surface area contributed by atoms with Gasteiger partial charge in [0.25, 0.3) is 5.91 Å². The number of thioether (sulfide) groups is 2. The SMILES string of the molecule is O=C(COc1ccc(C2SCCS2)cc1)Nc1cccc(Cl)c1F. The second-order valence-electron chi connectivity index (χ2n) is 5.08. The number of halogens is 2. The molecule has 24 heavy (non-hydrogen) atoms. The summed E-state index contributed by atoms with van der Waals surface area (Å²) in [4.78, 5) is 11.9. The lowest BCUT2D eigenvalue weighted by atomic mass is 10.2. The van der Waals surface area contributed by atoms with E-state index < -0.39 is 11.7 Å². The van der Waals surface area contributed by atoms with E-state index in [1.807, 2.05) is 47.8 Å².